The molecule has 104 valence electrons. The maximum atomic E-state index is 12.1. The first-order valence-electron chi connectivity index (χ1n) is 5.78. The molecule has 0 unspecified atom stereocenters. The summed E-state index contributed by atoms with van der Waals surface area (Å²) >= 11 is 0. The molecule has 1 aromatic carbocycles. The molecular weight excluding hydrogens is 261 g/mol. The van der Waals surface area contributed by atoms with Crippen molar-refractivity contribution >= 4 is 17.3 Å². The Balaban J connectivity index is 2.00. The van der Waals surface area contributed by atoms with Gasteiger partial charge in [-0.3, -0.25) is 4.79 Å². The highest BCUT2D eigenvalue weighted by Gasteiger charge is 2.38. The van der Waals surface area contributed by atoms with Gasteiger partial charge in [-0.25, -0.2) is 0 Å². The Labute approximate surface area is 108 Å². The molecule has 1 amide bonds. The van der Waals surface area contributed by atoms with E-state index in [0.717, 1.165) is 18.8 Å². The molecule has 1 aliphatic rings. The molecule has 1 saturated heterocycles. The third-order valence-electron chi connectivity index (χ3n) is 2.76. The van der Waals surface area contributed by atoms with E-state index in [4.69, 9.17) is 4.74 Å². The van der Waals surface area contributed by atoms with Crippen LogP contribution >= 0.6 is 0 Å². The van der Waals surface area contributed by atoms with Gasteiger partial charge in [0, 0.05) is 24.5 Å². The van der Waals surface area contributed by atoms with Crippen LogP contribution in [0, 0.1) is 0 Å². The smallest absolute Gasteiger partial charge is 0.378 e. The third-order valence-corrected chi connectivity index (χ3v) is 2.76. The molecule has 0 saturated carbocycles. The zero-order chi connectivity index (χ0) is 13.9. The minimum absolute atomic E-state index is 0.124. The number of carbonyl (C=O) groups excluding carboxylic acids is 1. The van der Waals surface area contributed by atoms with Crippen molar-refractivity contribution in [2.45, 2.75) is 6.18 Å². The lowest BCUT2D eigenvalue weighted by molar-refractivity contribution is -0.167. The molecule has 0 spiro atoms. The van der Waals surface area contributed by atoms with Crippen molar-refractivity contribution in [3.05, 3.63) is 24.3 Å². The maximum absolute atomic E-state index is 12.1. The Morgan fingerprint density at radius 2 is 1.74 bits per heavy atom. The average molecular weight is 274 g/mol. The molecule has 19 heavy (non-hydrogen) atoms. The van der Waals surface area contributed by atoms with Gasteiger partial charge in [-0.15, -0.1) is 0 Å². The second kappa shape index (κ2) is 5.48. The van der Waals surface area contributed by atoms with Gasteiger partial charge in [-0.05, 0) is 24.3 Å². The van der Waals surface area contributed by atoms with Gasteiger partial charge in [-0.2, -0.15) is 13.2 Å². The first-order chi connectivity index (χ1) is 8.97. The predicted octanol–water partition coefficient (Wildman–Crippen LogP) is 2.02. The Hall–Kier alpha value is -1.76. The first kappa shape index (κ1) is 13.7. The quantitative estimate of drug-likeness (QED) is 0.897. The Kier molecular flexibility index (Phi) is 3.94. The Bertz CT molecular complexity index is 439. The second-order valence-corrected chi connectivity index (χ2v) is 4.10. The normalized spacial score (nSPS) is 16.3. The summed E-state index contributed by atoms with van der Waals surface area (Å²) in [5.74, 6) is -1.97. The number of amides is 1. The van der Waals surface area contributed by atoms with E-state index in [0.29, 0.717) is 13.2 Å². The van der Waals surface area contributed by atoms with Gasteiger partial charge in [0.15, 0.2) is 0 Å². The van der Waals surface area contributed by atoms with Gasteiger partial charge in [0.1, 0.15) is 0 Å². The number of benzene rings is 1. The van der Waals surface area contributed by atoms with E-state index in [2.05, 4.69) is 4.90 Å². The summed E-state index contributed by atoms with van der Waals surface area (Å²) in [4.78, 5) is 12.8. The zero-order valence-corrected chi connectivity index (χ0v) is 10.0. The number of hydrogen-bond donors (Lipinski definition) is 1. The van der Waals surface area contributed by atoms with Crippen LogP contribution in [0.1, 0.15) is 0 Å². The Morgan fingerprint density at radius 1 is 1.16 bits per heavy atom. The number of nitrogens with zero attached hydrogens (tertiary/aromatic N) is 1. The number of anilines is 2. The van der Waals surface area contributed by atoms with E-state index in [1.165, 1.54) is 12.1 Å². The van der Waals surface area contributed by atoms with Gasteiger partial charge < -0.3 is 15.0 Å². The number of rotatable bonds is 2. The summed E-state index contributed by atoms with van der Waals surface area (Å²) < 4.78 is 41.4. The fourth-order valence-corrected chi connectivity index (χ4v) is 1.78. The molecule has 0 atom stereocenters. The van der Waals surface area contributed by atoms with Crippen LogP contribution in [0.4, 0.5) is 24.5 Å². The van der Waals surface area contributed by atoms with Gasteiger partial charge in [-0.1, -0.05) is 0 Å². The van der Waals surface area contributed by atoms with Crippen molar-refractivity contribution in [1.29, 1.82) is 0 Å². The molecule has 1 aliphatic heterocycles. The van der Waals surface area contributed by atoms with Crippen LogP contribution in [-0.4, -0.2) is 38.4 Å². The van der Waals surface area contributed by atoms with Crippen molar-refractivity contribution < 1.29 is 22.7 Å². The first-order valence-corrected chi connectivity index (χ1v) is 5.78. The number of alkyl halides is 3. The fourth-order valence-electron chi connectivity index (χ4n) is 1.78. The van der Waals surface area contributed by atoms with Crippen LogP contribution < -0.4 is 10.2 Å². The lowest BCUT2D eigenvalue weighted by Gasteiger charge is -2.28. The molecule has 1 aromatic rings. The van der Waals surface area contributed by atoms with Crippen LogP contribution in [0.5, 0.6) is 0 Å². The molecule has 0 aromatic heterocycles. The van der Waals surface area contributed by atoms with Gasteiger partial charge in [0.25, 0.3) is 0 Å². The van der Waals surface area contributed by atoms with Crippen molar-refractivity contribution in [3.63, 3.8) is 0 Å². The fraction of sp³-hybridized carbons (Fsp3) is 0.417. The standard InChI is InChI=1S/C12H13F3N2O2/c13-12(14,15)11(18)16-9-1-3-10(4-2-9)17-5-7-19-8-6-17/h1-4H,5-8H2,(H,16,18). The van der Waals surface area contributed by atoms with Crippen molar-refractivity contribution in [2.75, 3.05) is 36.5 Å². The third kappa shape index (κ3) is 3.60. The molecule has 0 bridgehead atoms. The molecule has 2 rings (SSSR count). The van der Waals surface area contributed by atoms with Gasteiger partial charge in [0.05, 0.1) is 13.2 Å². The number of ether oxygens (including phenoxy) is 1. The summed E-state index contributed by atoms with van der Waals surface area (Å²) in [6, 6.07) is 6.26. The number of nitrogens with one attached hydrogen (secondary N) is 1. The molecule has 0 radical (unpaired) electrons. The highest BCUT2D eigenvalue weighted by Crippen LogP contribution is 2.21. The van der Waals surface area contributed by atoms with E-state index in [-0.39, 0.29) is 5.69 Å². The number of halogens is 3. The van der Waals surface area contributed by atoms with Crippen LogP contribution in [0.25, 0.3) is 0 Å². The highest BCUT2D eigenvalue weighted by molar-refractivity contribution is 5.95. The van der Waals surface area contributed by atoms with Crippen molar-refractivity contribution in [1.82, 2.24) is 0 Å². The monoisotopic (exact) mass is 274 g/mol. The zero-order valence-electron chi connectivity index (χ0n) is 10.0. The van der Waals surface area contributed by atoms with E-state index in [9.17, 15) is 18.0 Å². The van der Waals surface area contributed by atoms with Crippen LogP contribution in [0.2, 0.25) is 0 Å². The molecule has 4 nitrogen and oxygen atoms in total. The SMILES string of the molecule is O=C(Nc1ccc(N2CCOCC2)cc1)C(F)(F)F. The number of carbonyl (C=O) groups is 1. The topological polar surface area (TPSA) is 41.6 Å². The average Bonchev–Trinajstić information content (AvgIpc) is 2.39. The largest absolute Gasteiger partial charge is 0.471 e. The summed E-state index contributed by atoms with van der Waals surface area (Å²) in [5.41, 5.74) is 1.02. The lowest BCUT2D eigenvalue weighted by Crippen LogP contribution is -2.36. The minimum atomic E-state index is -4.87. The molecule has 1 N–H and O–H groups in total. The summed E-state index contributed by atoms with van der Waals surface area (Å²) in [5, 5.41) is 1.80. The second-order valence-electron chi connectivity index (χ2n) is 4.10. The minimum Gasteiger partial charge on any atom is -0.378 e. The maximum Gasteiger partial charge on any atom is 0.471 e. The summed E-state index contributed by atoms with van der Waals surface area (Å²) in [7, 11) is 0. The number of morpholine rings is 1. The predicted molar refractivity (Wildman–Crippen MR) is 64.2 cm³/mol. The van der Waals surface area contributed by atoms with Crippen molar-refractivity contribution in [2.24, 2.45) is 0 Å². The molecule has 7 heteroatoms. The number of hydrogen-bond acceptors (Lipinski definition) is 3. The van der Waals surface area contributed by atoms with Crippen LogP contribution in [0.15, 0.2) is 24.3 Å². The van der Waals surface area contributed by atoms with E-state index >= 15 is 0 Å². The Morgan fingerprint density at radius 3 is 2.26 bits per heavy atom. The summed E-state index contributed by atoms with van der Waals surface area (Å²) in [6.07, 6.45) is -4.87. The molecule has 0 aliphatic carbocycles. The molecular formula is C12H13F3N2O2. The van der Waals surface area contributed by atoms with E-state index in [1.807, 2.05) is 0 Å². The molecule has 1 heterocycles. The summed E-state index contributed by atoms with van der Waals surface area (Å²) in [6.45, 7) is 2.75. The lowest BCUT2D eigenvalue weighted by atomic mass is 10.2. The highest BCUT2D eigenvalue weighted by atomic mass is 19.4. The molecule has 1 fully saturated rings. The van der Waals surface area contributed by atoms with Crippen LogP contribution in [0.3, 0.4) is 0 Å². The van der Waals surface area contributed by atoms with Crippen LogP contribution in [-0.2, 0) is 9.53 Å². The van der Waals surface area contributed by atoms with Gasteiger partial charge in [0.2, 0.25) is 0 Å². The van der Waals surface area contributed by atoms with E-state index in [1.54, 1.807) is 17.4 Å². The van der Waals surface area contributed by atoms with Gasteiger partial charge >= 0.3 is 12.1 Å². The van der Waals surface area contributed by atoms with Crippen molar-refractivity contribution in [3.8, 4) is 0 Å². The van der Waals surface area contributed by atoms with E-state index < -0.39 is 12.1 Å².